The van der Waals surface area contributed by atoms with Crippen LogP contribution in [0.1, 0.15) is 18.4 Å². The van der Waals surface area contributed by atoms with Crippen molar-refractivity contribution >= 4 is 35.2 Å². The first-order valence-corrected chi connectivity index (χ1v) is 8.85. The Morgan fingerprint density at radius 2 is 2.08 bits per heavy atom. The van der Waals surface area contributed by atoms with Crippen LogP contribution in [0, 0.1) is 0 Å². The molecule has 0 unspecified atom stereocenters. The number of hydrogen-bond donors (Lipinski definition) is 1. The molecule has 1 N–H and O–H groups in total. The average molecular weight is 357 g/mol. The highest BCUT2D eigenvalue weighted by atomic mass is 32.2. The molecule has 2 aliphatic rings. The highest BCUT2D eigenvalue weighted by Crippen LogP contribution is 2.26. The molecule has 1 aromatic rings. The first kappa shape index (κ1) is 17.3. The van der Waals surface area contributed by atoms with E-state index in [4.69, 9.17) is 4.74 Å². The molecule has 1 saturated heterocycles. The summed E-state index contributed by atoms with van der Waals surface area (Å²) in [5, 5.41) is 1.90. The molecule has 0 aromatic heterocycles. The van der Waals surface area contributed by atoms with E-state index in [9.17, 15) is 9.59 Å². The third-order valence-corrected chi connectivity index (χ3v) is 4.56. The van der Waals surface area contributed by atoms with Gasteiger partial charge in [-0.1, -0.05) is 12.1 Å². The molecule has 0 saturated carbocycles. The number of thioether (sulfide) groups is 1. The van der Waals surface area contributed by atoms with Gasteiger partial charge in [-0.05, 0) is 54.5 Å². The van der Waals surface area contributed by atoms with Gasteiger partial charge in [0, 0.05) is 13.3 Å². The van der Waals surface area contributed by atoms with Gasteiger partial charge in [0.05, 0.1) is 11.4 Å². The number of likely N-dealkylation sites (N-methyl/N-ethyl adjacent to an activating group) is 1. The Bertz CT molecular complexity index is 753. The fraction of sp³-hybridized carbons (Fsp3) is 0.278. The Labute approximate surface area is 150 Å². The summed E-state index contributed by atoms with van der Waals surface area (Å²) in [5.41, 5.74) is 0.846. The van der Waals surface area contributed by atoms with Gasteiger partial charge in [0.2, 0.25) is 0 Å². The van der Waals surface area contributed by atoms with E-state index in [2.05, 4.69) is 21.3 Å². The van der Waals surface area contributed by atoms with Crippen LogP contribution in [0.4, 0.5) is 4.79 Å². The summed E-state index contributed by atoms with van der Waals surface area (Å²) >= 11 is 0.911. The van der Waals surface area contributed by atoms with Gasteiger partial charge < -0.3 is 9.64 Å². The lowest BCUT2D eigenvalue weighted by molar-refractivity contribution is -0.115. The zero-order valence-corrected chi connectivity index (χ0v) is 14.7. The number of carbonyl (C=O) groups is 2. The van der Waals surface area contributed by atoms with E-state index in [1.54, 1.807) is 6.08 Å². The standard InChI is InChI=1S/C18H19N3O3S/c1-21(16-4-2-3-9-19-16)10-11-24-14-7-5-13(6-8-14)12-15-17(22)20-18(23)25-15/h4-9,12H,2-3,10-11H2,1H3,(H,20,22,23)/b15-12-. The monoisotopic (exact) mass is 357 g/mol. The number of imide groups is 1. The van der Waals surface area contributed by atoms with Gasteiger partial charge in [-0.2, -0.15) is 0 Å². The number of allylic oxidation sites excluding steroid dienone is 1. The topological polar surface area (TPSA) is 71.0 Å². The van der Waals surface area contributed by atoms with Crippen molar-refractivity contribution in [2.45, 2.75) is 12.8 Å². The highest BCUT2D eigenvalue weighted by Gasteiger charge is 2.24. The number of rotatable bonds is 6. The maximum Gasteiger partial charge on any atom is 0.290 e. The van der Waals surface area contributed by atoms with Crippen LogP contribution in [0.3, 0.4) is 0 Å². The lowest BCUT2D eigenvalue weighted by Crippen LogP contribution is -2.23. The van der Waals surface area contributed by atoms with E-state index in [0.29, 0.717) is 11.5 Å². The summed E-state index contributed by atoms with van der Waals surface area (Å²) in [4.78, 5) is 29.5. The van der Waals surface area contributed by atoms with Crippen LogP contribution in [0.5, 0.6) is 5.75 Å². The molecule has 6 nitrogen and oxygen atoms in total. The molecule has 0 radical (unpaired) electrons. The van der Waals surface area contributed by atoms with Crippen molar-refractivity contribution in [3.05, 3.63) is 46.6 Å². The first-order chi connectivity index (χ1) is 12.1. The average Bonchev–Trinajstić information content (AvgIpc) is 2.94. The van der Waals surface area contributed by atoms with Crippen molar-refractivity contribution in [3.63, 3.8) is 0 Å². The number of carbonyl (C=O) groups excluding carboxylic acids is 2. The van der Waals surface area contributed by atoms with Gasteiger partial charge in [-0.15, -0.1) is 0 Å². The maximum atomic E-state index is 11.5. The second-order valence-corrected chi connectivity index (χ2v) is 6.66. The number of hydrogen-bond acceptors (Lipinski definition) is 6. The fourth-order valence-electron chi connectivity index (χ4n) is 2.40. The molecule has 130 valence electrons. The van der Waals surface area contributed by atoms with E-state index in [1.807, 2.05) is 37.5 Å². The van der Waals surface area contributed by atoms with E-state index in [-0.39, 0.29) is 11.1 Å². The molecule has 7 heteroatoms. The van der Waals surface area contributed by atoms with Crippen molar-refractivity contribution in [3.8, 4) is 5.75 Å². The summed E-state index contributed by atoms with van der Waals surface area (Å²) in [6.45, 7) is 1.30. The Morgan fingerprint density at radius 3 is 2.72 bits per heavy atom. The molecule has 0 aliphatic carbocycles. The van der Waals surface area contributed by atoms with E-state index in [0.717, 1.165) is 48.3 Å². The van der Waals surface area contributed by atoms with Crippen molar-refractivity contribution in [1.82, 2.24) is 10.2 Å². The van der Waals surface area contributed by atoms with Crippen molar-refractivity contribution in [2.75, 3.05) is 20.2 Å². The van der Waals surface area contributed by atoms with Crippen LogP contribution in [-0.2, 0) is 4.79 Å². The lowest BCUT2D eigenvalue weighted by atomic mass is 10.2. The summed E-state index contributed by atoms with van der Waals surface area (Å²) in [6, 6.07) is 7.42. The minimum atomic E-state index is -0.349. The van der Waals surface area contributed by atoms with Crippen LogP contribution in [0.15, 0.2) is 46.1 Å². The number of aliphatic imine (C=N–C) groups is 1. The molecule has 2 aliphatic heterocycles. The lowest BCUT2D eigenvalue weighted by Gasteiger charge is -2.21. The normalized spacial score (nSPS) is 18.3. The van der Waals surface area contributed by atoms with Gasteiger partial charge in [0.25, 0.3) is 11.1 Å². The molecule has 0 bridgehead atoms. The molecular weight excluding hydrogens is 338 g/mol. The van der Waals surface area contributed by atoms with Crippen molar-refractivity contribution in [1.29, 1.82) is 0 Å². The number of nitrogens with zero attached hydrogens (tertiary/aromatic N) is 2. The summed E-state index contributed by atoms with van der Waals surface area (Å²) in [5.74, 6) is 1.40. The number of ether oxygens (including phenoxy) is 1. The smallest absolute Gasteiger partial charge is 0.290 e. The molecule has 25 heavy (non-hydrogen) atoms. The Morgan fingerprint density at radius 1 is 1.28 bits per heavy atom. The van der Waals surface area contributed by atoms with E-state index in [1.165, 1.54) is 0 Å². The molecule has 0 spiro atoms. The predicted octanol–water partition coefficient (Wildman–Crippen LogP) is 3.03. The zero-order valence-electron chi connectivity index (χ0n) is 13.9. The molecule has 2 heterocycles. The van der Waals surface area contributed by atoms with Gasteiger partial charge in [0.1, 0.15) is 18.2 Å². The van der Waals surface area contributed by atoms with Crippen LogP contribution >= 0.6 is 11.8 Å². The second kappa shape index (κ2) is 8.02. The van der Waals surface area contributed by atoms with Gasteiger partial charge in [0.15, 0.2) is 0 Å². The quantitative estimate of drug-likeness (QED) is 0.793. The fourth-order valence-corrected chi connectivity index (χ4v) is 3.08. The SMILES string of the molecule is CN(CCOc1ccc(/C=C2\SC(=O)NC2=O)cc1)C1=CCCC=N1. The third kappa shape index (κ3) is 4.73. The summed E-state index contributed by atoms with van der Waals surface area (Å²) in [6.07, 6.45) is 7.80. The molecule has 3 rings (SSSR count). The van der Waals surface area contributed by atoms with E-state index < -0.39 is 0 Å². The maximum absolute atomic E-state index is 11.5. The third-order valence-electron chi connectivity index (χ3n) is 3.75. The summed E-state index contributed by atoms with van der Waals surface area (Å²) < 4.78 is 5.75. The minimum Gasteiger partial charge on any atom is -0.492 e. The first-order valence-electron chi connectivity index (χ1n) is 8.03. The van der Waals surface area contributed by atoms with Crippen LogP contribution in [0.25, 0.3) is 6.08 Å². The Hall–Kier alpha value is -2.54. The van der Waals surface area contributed by atoms with Crippen molar-refractivity contribution in [2.24, 2.45) is 4.99 Å². The Balaban J connectivity index is 1.50. The minimum absolute atomic E-state index is 0.335. The largest absolute Gasteiger partial charge is 0.492 e. The predicted molar refractivity (Wildman–Crippen MR) is 99.5 cm³/mol. The van der Waals surface area contributed by atoms with E-state index >= 15 is 0 Å². The highest BCUT2D eigenvalue weighted by molar-refractivity contribution is 8.18. The van der Waals surface area contributed by atoms with Crippen LogP contribution in [0.2, 0.25) is 0 Å². The molecule has 1 fully saturated rings. The summed E-state index contributed by atoms with van der Waals surface area (Å²) in [7, 11) is 2.00. The van der Waals surface area contributed by atoms with Gasteiger partial charge in [-0.25, -0.2) is 4.99 Å². The second-order valence-electron chi connectivity index (χ2n) is 5.64. The van der Waals surface area contributed by atoms with Gasteiger partial charge >= 0.3 is 0 Å². The van der Waals surface area contributed by atoms with Crippen LogP contribution < -0.4 is 10.1 Å². The molecule has 0 atom stereocenters. The number of amides is 2. The van der Waals surface area contributed by atoms with Gasteiger partial charge in [-0.3, -0.25) is 14.9 Å². The molecule has 2 amide bonds. The van der Waals surface area contributed by atoms with Crippen LogP contribution in [-0.4, -0.2) is 42.5 Å². The number of benzene rings is 1. The molecular formula is C18H19N3O3S. The zero-order chi connectivity index (χ0) is 17.6. The van der Waals surface area contributed by atoms with Crippen molar-refractivity contribution < 1.29 is 14.3 Å². The molecule has 1 aromatic carbocycles. The Kier molecular flexibility index (Phi) is 5.55. The number of nitrogens with one attached hydrogen (secondary N) is 1.